The van der Waals surface area contributed by atoms with E-state index in [1.165, 1.54) is 11.8 Å². The molecule has 0 bridgehead atoms. The molecule has 94 valence electrons. The molecule has 1 aromatic rings. The molecule has 4 nitrogen and oxygen atoms in total. The van der Waals surface area contributed by atoms with Gasteiger partial charge >= 0.3 is 0 Å². The number of aliphatic hydroxyl groups excluding tert-OH is 1. The summed E-state index contributed by atoms with van der Waals surface area (Å²) in [6.07, 6.45) is 1.64. The van der Waals surface area contributed by atoms with Crippen LogP contribution in [0, 0.1) is 6.92 Å². The van der Waals surface area contributed by atoms with Crippen molar-refractivity contribution in [1.29, 1.82) is 0 Å². The number of hydrogen-bond donors (Lipinski definition) is 2. The first-order valence-corrected chi connectivity index (χ1v) is 6.56. The van der Waals surface area contributed by atoms with E-state index in [4.69, 9.17) is 17.0 Å². The molecule has 0 radical (unpaired) electrons. The lowest BCUT2D eigenvalue weighted by Crippen LogP contribution is -2.00. The minimum Gasteiger partial charge on any atom is -0.506 e. The Balaban J connectivity index is 2.77. The maximum Gasteiger partial charge on any atom is 0.220 e. The fraction of sp³-hybridized carbons (Fsp3) is 0.455. The van der Waals surface area contributed by atoms with E-state index in [1.807, 2.05) is 6.92 Å². The number of thiocarbonyl (C=S) groups is 1. The van der Waals surface area contributed by atoms with Gasteiger partial charge in [0.2, 0.25) is 4.38 Å². The van der Waals surface area contributed by atoms with Crippen LogP contribution in [0.1, 0.15) is 23.7 Å². The van der Waals surface area contributed by atoms with Gasteiger partial charge in [-0.1, -0.05) is 11.8 Å². The Kier molecular flexibility index (Phi) is 5.67. The minimum absolute atomic E-state index is 0.0490. The normalized spacial score (nSPS) is 10.3. The number of aryl methyl sites for hydroxylation is 1. The lowest BCUT2D eigenvalue weighted by Gasteiger charge is -2.10. The van der Waals surface area contributed by atoms with E-state index >= 15 is 0 Å². The number of aliphatic hydroxyl groups is 1. The molecule has 0 aromatic carbocycles. The van der Waals surface area contributed by atoms with Crippen LogP contribution in [0.2, 0.25) is 0 Å². The van der Waals surface area contributed by atoms with Gasteiger partial charge in [-0.05, 0) is 31.6 Å². The van der Waals surface area contributed by atoms with Crippen LogP contribution >= 0.6 is 24.0 Å². The molecule has 1 rings (SSSR count). The SMILES string of the molecule is CCOC(=S)SCc1cnc(C)c(O)c1CO. The third kappa shape index (κ3) is 3.83. The number of aromatic hydroxyl groups is 1. The molecule has 0 aliphatic carbocycles. The first-order chi connectivity index (χ1) is 8.10. The maximum absolute atomic E-state index is 9.75. The lowest BCUT2D eigenvalue weighted by atomic mass is 10.1. The van der Waals surface area contributed by atoms with Crippen molar-refractivity contribution in [1.82, 2.24) is 4.98 Å². The Morgan fingerprint density at radius 2 is 2.29 bits per heavy atom. The topological polar surface area (TPSA) is 62.6 Å². The van der Waals surface area contributed by atoms with Crippen LogP contribution in [0.3, 0.4) is 0 Å². The highest BCUT2D eigenvalue weighted by atomic mass is 32.2. The zero-order valence-corrected chi connectivity index (χ0v) is 11.4. The highest BCUT2D eigenvalue weighted by Crippen LogP contribution is 2.27. The number of thioether (sulfide) groups is 1. The molecule has 0 atom stereocenters. The smallest absolute Gasteiger partial charge is 0.220 e. The van der Waals surface area contributed by atoms with E-state index < -0.39 is 0 Å². The molecule has 0 spiro atoms. The van der Waals surface area contributed by atoms with Gasteiger partial charge in [0.25, 0.3) is 0 Å². The Hall–Kier alpha value is -0.850. The van der Waals surface area contributed by atoms with Crippen LogP contribution in [-0.4, -0.2) is 26.2 Å². The minimum atomic E-state index is -0.216. The number of nitrogens with zero attached hydrogens (tertiary/aromatic N) is 1. The Morgan fingerprint density at radius 1 is 1.59 bits per heavy atom. The summed E-state index contributed by atoms with van der Waals surface area (Å²) in [5.41, 5.74) is 1.78. The van der Waals surface area contributed by atoms with Gasteiger partial charge in [-0.3, -0.25) is 4.98 Å². The van der Waals surface area contributed by atoms with Gasteiger partial charge in [0.05, 0.1) is 18.9 Å². The first kappa shape index (κ1) is 14.2. The Labute approximate surface area is 110 Å². The van der Waals surface area contributed by atoms with Crippen molar-refractivity contribution in [2.75, 3.05) is 6.61 Å². The Bertz CT molecular complexity index is 410. The second-order valence-corrected chi connectivity index (χ2v) is 4.90. The van der Waals surface area contributed by atoms with Gasteiger partial charge in [0.1, 0.15) is 5.75 Å². The third-order valence-electron chi connectivity index (χ3n) is 2.20. The van der Waals surface area contributed by atoms with Crippen LogP contribution in [0.25, 0.3) is 0 Å². The molecule has 0 aliphatic heterocycles. The quantitative estimate of drug-likeness (QED) is 0.820. The third-order valence-corrected chi connectivity index (χ3v) is 3.48. The molecule has 0 fully saturated rings. The van der Waals surface area contributed by atoms with Gasteiger partial charge in [-0.2, -0.15) is 0 Å². The molecule has 0 saturated carbocycles. The van der Waals surface area contributed by atoms with Crippen molar-refractivity contribution < 1.29 is 14.9 Å². The van der Waals surface area contributed by atoms with E-state index in [2.05, 4.69) is 4.98 Å². The molecule has 0 unspecified atom stereocenters. The van der Waals surface area contributed by atoms with Gasteiger partial charge in [-0.25, -0.2) is 0 Å². The first-order valence-electron chi connectivity index (χ1n) is 5.16. The number of ether oxygens (including phenoxy) is 1. The highest BCUT2D eigenvalue weighted by molar-refractivity contribution is 8.22. The second kappa shape index (κ2) is 6.78. The standard InChI is InChI=1S/C11H15NO3S2/c1-3-15-11(16)17-6-8-4-12-7(2)10(14)9(8)5-13/h4,13-14H,3,5-6H2,1-2H3. The molecule has 1 aromatic heterocycles. The molecular weight excluding hydrogens is 258 g/mol. The number of hydrogen-bond acceptors (Lipinski definition) is 6. The summed E-state index contributed by atoms with van der Waals surface area (Å²) in [6, 6.07) is 0. The molecule has 17 heavy (non-hydrogen) atoms. The zero-order valence-electron chi connectivity index (χ0n) is 9.77. The summed E-state index contributed by atoms with van der Waals surface area (Å²) in [7, 11) is 0. The zero-order chi connectivity index (χ0) is 12.8. The van der Waals surface area contributed by atoms with E-state index in [0.29, 0.717) is 28.0 Å². The second-order valence-electron chi connectivity index (χ2n) is 3.33. The van der Waals surface area contributed by atoms with Crippen LogP contribution < -0.4 is 0 Å². The highest BCUT2D eigenvalue weighted by Gasteiger charge is 2.11. The van der Waals surface area contributed by atoms with Gasteiger partial charge in [0, 0.05) is 17.5 Å². The largest absolute Gasteiger partial charge is 0.506 e. The number of aromatic nitrogens is 1. The molecular formula is C11H15NO3S2. The summed E-state index contributed by atoms with van der Waals surface area (Å²) in [6.45, 7) is 3.88. The van der Waals surface area contributed by atoms with Gasteiger partial charge in [0.15, 0.2) is 0 Å². The number of pyridine rings is 1. The van der Waals surface area contributed by atoms with E-state index in [0.717, 1.165) is 5.56 Å². The van der Waals surface area contributed by atoms with Crippen molar-refractivity contribution in [3.05, 3.63) is 23.0 Å². The van der Waals surface area contributed by atoms with Crippen LogP contribution in [0.5, 0.6) is 5.75 Å². The van der Waals surface area contributed by atoms with E-state index in [-0.39, 0.29) is 12.4 Å². The van der Waals surface area contributed by atoms with Gasteiger partial charge in [-0.15, -0.1) is 0 Å². The fourth-order valence-electron chi connectivity index (χ4n) is 1.28. The van der Waals surface area contributed by atoms with Crippen LogP contribution in [0.15, 0.2) is 6.20 Å². The van der Waals surface area contributed by atoms with Crippen molar-refractivity contribution in [2.45, 2.75) is 26.2 Å². The van der Waals surface area contributed by atoms with Crippen LogP contribution in [-0.2, 0) is 17.1 Å². The lowest BCUT2D eigenvalue weighted by molar-refractivity contribution is 0.274. The van der Waals surface area contributed by atoms with E-state index in [9.17, 15) is 10.2 Å². The molecule has 0 aliphatic rings. The predicted molar refractivity (Wildman–Crippen MR) is 72.1 cm³/mol. The molecule has 1 heterocycles. The average Bonchev–Trinajstić information content (AvgIpc) is 2.31. The predicted octanol–water partition coefficient (Wildman–Crippen LogP) is 2.14. The van der Waals surface area contributed by atoms with Gasteiger partial charge < -0.3 is 14.9 Å². The molecule has 2 N–H and O–H groups in total. The number of rotatable bonds is 4. The summed E-state index contributed by atoms with van der Waals surface area (Å²) < 4.78 is 5.60. The summed E-state index contributed by atoms with van der Waals surface area (Å²) in [5.74, 6) is 0.572. The molecule has 6 heteroatoms. The summed E-state index contributed by atoms with van der Waals surface area (Å²) in [4.78, 5) is 4.05. The van der Waals surface area contributed by atoms with E-state index in [1.54, 1.807) is 13.1 Å². The van der Waals surface area contributed by atoms with Crippen molar-refractivity contribution in [3.8, 4) is 5.75 Å². The maximum atomic E-state index is 9.75. The van der Waals surface area contributed by atoms with Crippen molar-refractivity contribution in [3.63, 3.8) is 0 Å². The monoisotopic (exact) mass is 273 g/mol. The molecule has 0 amide bonds. The summed E-state index contributed by atoms with van der Waals surface area (Å²) in [5, 5.41) is 19.0. The van der Waals surface area contributed by atoms with Crippen molar-refractivity contribution in [2.24, 2.45) is 0 Å². The van der Waals surface area contributed by atoms with Crippen molar-refractivity contribution >= 4 is 28.4 Å². The molecule has 0 saturated heterocycles. The Morgan fingerprint density at radius 3 is 2.88 bits per heavy atom. The average molecular weight is 273 g/mol. The fourth-order valence-corrected chi connectivity index (χ4v) is 2.30. The van der Waals surface area contributed by atoms with Crippen LogP contribution in [0.4, 0.5) is 0 Å². The summed E-state index contributed by atoms with van der Waals surface area (Å²) >= 11 is 6.33.